The summed E-state index contributed by atoms with van der Waals surface area (Å²) < 4.78 is 28.8. The van der Waals surface area contributed by atoms with E-state index >= 15 is 28.8 Å². The molecule has 13 atom stereocenters. The first-order valence-corrected chi connectivity index (χ1v) is 36.9. The monoisotopic (exact) mass is 1390 g/mol. The third-order valence-electron chi connectivity index (χ3n) is 18.6. The number of rotatable bonds is 23. The van der Waals surface area contributed by atoms with Crippen molar-refractivity contribution in [1.29, 1.82) is 0 Å². The standard InChI is InChI=1S/C70H128N12O14S/c1-27-31-33-47(17)59(83)58-63(87)73-50(28-2)65(89)79(24)55(40-97(95,96)35-32-34-82(29-3)30-4)68(92)75(20)52(37-42(7)8)62(86)74-56(45(13)14)69(93)76(21)51(36-41(5)6)61(85)71-48(18)60(84)72-49(19)64(88)77(22)53(38-43(9)10)66(90)78(23)54(39-44(11)12)67(91)80(25)57(46(15)16)70(94)81(58)26/h27,31,41-59,83H,28-30,32-40H2,1-26H3,(H,71,85)(H,72,84)(H,73,87)(H,74,86)/b31-27+/t47-,48-,49+,50-,51-,52+,53-,54-,55-,56-,57-,58-,59-/m1/s1. The summed E-state index contributed by atoms with van der Waals surface area (Å²) in [5.41, 5.74) is 0. The minimum Gasteiger partial charge on any atom is -0.390 e. The van der Waals surface area contributed by atoms with Gasteiger partial charge in [-0.1, -0.05) is 123 Å². The normalized spacial score (nSPS) is 26.1. The van der Waals surface area contributed by atoms with Crippen LogP contribution in [0.4, 0.5) is 0 Å². The first kappa shape index (κ1) is 88.8. The van der Waals surface area contributed by atoms with E-state index in [1.807, 2.05) is 60.3 Å². The van der Waals surface area contributed by atoms with Crippen LogP contribution in [0.1, 0.15) is 176 Å². The van der Waals surface area contributed by atoms with Gasteiger partial charge in [0.1, 0.15) is 66.5 Å². The highest BCUT2D eigenvalue weighted by Gasteiger charge is 2.47. The molecule has 0 radical (unpaired) electrons. The number of amides is 11. The van der Waals surface area contributed by atoms with Gasteiger partial charge in [0.15, 0.2) is 9.84 Å². The van der Waals surface area contributed by atoms with Crippen molar-refractivity contribution in [2.45, 2.75) is 249 Å². The van der Waals surface area contributed by atoms with Crippen LogP contribution in [0.3, 0.4) is 0 Å². The molecule has 0 aromatic carbocycles. The second-order valence-electron chi connectivity index (χ2n) is 29.3. The van der Waals surface area contributed by atoms with Crippen molar-refractivity contribution in [3.63, 3.8) is 0 Å². The predicted octanol–water partition coefficient (Wildman–Crippen LogP) is 3.78. The van der Waals surface area contributed by atoms with Crippen LogP contribution in [0.5, 0.6) is 0 Å². The average Bonchev–Trinajstić information content (AvgIpc) is 0.813. The molecule has 27 heteroatoms. The van der Waals surface area contributed by atoms with Gasteiger partial charge in [-0.15, -0.1) is 0 Å². The number of hydrogen-bond acceptors (Lipinski definition) is 15. The first-order chi connectivity index (χ1) is 44.8. The molecular weight excluding hydrogens is 1260 g/mol. The maximum Gasteiger partial charge on any atom is 0.246 e. The van der Waals surface area contributed by atoms with E-state index in [1.165, 1.54) is 82.8 Å². The largest absolute Gasteiger partial charge is 0.390 e. The number of likely N-dealkylation sites (N-methyl/N-ethyl adjacent to an activating group) is 7. The zero-order valence-electron chi connectivity index (χ0n) is 63.9. The Kier molecular flexibility index (Phi) is 37.3. The predicted molar refractivity (Wildman–Crippen MR) is 378 cm³/mol. The molecular formula is C70H128N12O14S. The lowest BCUT2D eigenvalue weighted by molar-refractivity contribution is -0.157. The van der Waals surface area contributed by atoms with Gasteiger partial charge in [0.25, 0.3) is 0 Å². The fourth-order valence-electron chi connectivity index (χ4n) is 12.4. The molecule has 1 fully saturated rings. The first-order valence-electron chi connectivity index (χ1n) is 35.1. The average molecular weight is 1390 g/mol. The topological polar surface area (TPSA) is 316 Å². The zero-order chi connectivity index (χ0) is 75.2. The summed E-state index contributed by atoms with van der Waals surface area (Å²) in [7, 11) is 5.33. The Morgan fingerprint density at radius 2 is 0.866 bits per heavy atom. The van der Waals surface area contributed by atoms with Crippen LogP contribution in [-0.2, 0) is 62.6 Å². The van der Waals surface area contributed by atoms with Crippen molar-refractivity contribution in [2.75, 3.05) is 80.5 Å². The molecule has 0 aromatic heterocycles. The van der Waals surface area contributed by atoms with E-state index in [1.54, 1.807) is 74.5 Å². The van der Waals surface area contributed by atoms with Crippen LogP contribution in [0, 0.1) is 41.4 Å². The van der Waals surface area contributed by atoms with Gasteiger partial charge in [0, 0.05) is 49.3 Å². The number of sulfone groups is 1. The lowest BCUT2D eigenvalue weighted by atomic mass is 9.91. The summed E-state index contributed by atoms with van der Waals surface area (Å²) in [6.45, 7) is 35.0. The van der Waals surface area contributed by atoms with Gasteiger partial charge in [-0.25, -0.2) is 8.42 Å². The third kappa shape index (κ3) is 25.8. The van der Waals surface area contributed by atoms with Crippen molar-refractivity contribution in [2.24, 2.45) is 41.4 Å². The van der Waals surface area contributed by atoms with Gasteiger partial charge in [-0.2, -0.15) is 0 Å². The molecule has 1 aliphatic heterocycles. The van der Waals surface area contributed by atoms with Crippen LogP contribution in [0.25, 0.3) is 0 Å². The van der Waals surface area contributed by atoms with Crippen molar-refractivity contribution >= 4 is 74.8 Å². The quantitative estimate of drug-likeness (QED) is 0.0910. The van der Waals surface area contributed by atoms with Gasteiger partial charge in [-0.3, -0.25) is 52.7 Å². The molecule has 1 heterocycles. The van der Waals surface area contributed by atoms with Crippen molar-refractivity contribution in [3.05, 3.63) is 12.2 Å². The number of allylic oxidation sites excluding steroid dienone is 2. The van der Waals surface area contributed by atoms with Crippen molar-refractivity contribution < 1.29 is 66.3 Å². The number of carbonyl (C=O) groups is 11. The summed E-state index contributed by atoms with van der Waals surface area (Å²) in [5.74, 6) is -12.6. The van der Waals surface area contributed by atoms with E-state index in [9.17, 15) is 37.5 Å². The fraction of sp³-hybridized carbons (Fsp3) is 0.814. The van der Waals surface area contributed by atoms with Crippen LogP contribution in [0.2, 0.25) is 0 Å². The smallest absolute Gasteiger partial charge is 0.246 e. The lowest BCUT2D eigenvalue weighted by Gasteiger charge is -2.41. The third-order valence-corrected chi connectivity index (χ3v) is 20.4. The molecule has 0 unspecified atom stereocenters. The molecule has 0 spiro atoms. The highest BCUT2D eigenvalue weighted by atomic mass is 32.2. The van der Waals surface area contributed by atoms with Crippen molar-refractivity contribution in [3.8, 4) is 0 Å². The number of aliphatic hydroxyl groups excluding tert-OH is 1. The SMILES string of the molecule is C/C=C/C[C@@H](C)[C@@H](O)[C@@H]1C(=O)N[C@H](CC)C(=O)N(C)[C@H](CS(=O)(=O)CCCN(CC)CC)C(=O)N(C)[C@@H](CC(C)C)C(=O)N[C@H](C(C)C)C(=O)N(C)[C@H](CC(C)C)C(=O)N[C@H](C)C(=O)N[C@@H](C)C(=O)N(C)[C@H](CC(C)C)C(=O)N(C)[C@H](CC(C)C)C(=O)N(C)[C@H](C(C)C)C(=O)N1C. The number of aliphatic hydroxyl groups is 1. The molecule has 0 aromatic rings. The Labute approximate surface area is 582 Å². The molecule has 0 bridgehead atoms. The Bertz CT molecular complexity index is 2780. The number of hydrogen-bond donors (Lipinski definition) is 5. The second kappa shape index (κ2) is 40.7. The lowest BCUT2D eigenvalue weighted by Crippen LogP contribution is -2.64. The summed E-state index contributed by atoms with van der Waals surface area (Å²) in [4.78, 5) is 174. The van der Waals surface area contributed by atoms with E-state index in [2.05, 4.69) is 21.3 Å². The molecule has 558 valence electrons. The second-order valence-corrected chi connectivity index (χ2v) is 31.5. The van der Waals surface area contributed by atoms with E-state index in [-0.39, 0.29) is 74.4 Å². The van der Waals surface area contributed by atoms with Gasteiger partial charge < -0.3 is 65.6 Å². The molecule has 5 N–H and O–H groups in total. The van der Waals surface area contributed by atoms with E-state index in [4.69, 9.17) is 0 Å². The molecule has 0 saturated carbocycles. The summed E-state index contributed by atoms with van der Waals surface area (Å²) in [5, 5.41) is 23.3. The molecule has 1 saturated heterocycles. The molecule has 1 rings (SSSR count). The summed E-state index contributed by atoms with van der Waals surface area (Å²) in [6.07, 6.45) is 2.56. The van der Waals surface area contributed by atoms with Gasteiger partial charge in [0.2, 0.25) is 65.0 Å². The maximum absolute atomic E-state index is 15.4. The Morgan fingerprint density at radius 3 is 1.31 bits per heavy atom. The molecule has 11 amide bonds. The van der Waals surface area contributed by atoms with Crippen molar-refractivity contribution in [1.82, 2.24) is 60.5 Å². The van der Waals surface area contributed by atoms with Gasteiger partial charge >= 0.3 is 0 Å². The summed E-state index contributed by atoms with van der Waals surface area (Å²) in [6, 6.07) is -15.2. The maximum atomic E-state index is 15.4. The number of nitrogens with zero attached hydrogens (tertiary/aromatic N) is 8. The molecule has 1 aliphatic rings. The number of nitrogens with one attached hydrogen (secondary N) is 4. The minimum absolute atomic E-state index is 0.00728. The molecule has 0 aliphatic carbocycles. The van der Waals surface area contributed by atoms with Crippen LogP contribution in [0.15, 0.2) is 12.2 Å². The minimum atomic E-state index is -4.20. The Balaban J connectivity index is 4.64. The Morgan fingerprint density at radius 1 is 0.464 bits per heavy atom. The van der Waals surface area contributed by atoms with Gasteiger partial charge in [0.05, 0.1) is 17.6 Å². The van der Waals surface area contributed by atoms with E-state index in [0.29, 0.717) is 19.6 Å². The zero-order valence-corrected chi connectivity index (χ0v) is 64.7. The van der Waals surface area contributed by atoms with E-state index in [0.717, 1.165) is 14.7 Å². The number of carbonyl (C=O) groups excluding carboxylic acids is 11. The van der Waals surface area contributed by atoms with Gasteiger partial charge in [-0.05, 0) is 127 Å². The summed E-state index contributed by atoms with van der Waals surface area (Å²) >= 11 is 0. The highest BCUT2D eigenvalue weighted by molar-refractivity contribution is 7.91. The molecule has 97 heavy (non-hydrogen) atoms. The highest BCUT2D eigenvalue weighted by Crippen LogP contribution is 2.26. The fourth-order valence-corrected chi connectivity index (χ4v) is 13.9. The van der Waals surface area contributed by atoms with Crippen LogP contribution < -0.4 is 21.3 Å². The van der Waals surface area contributed by atoms with E-state index < -0.39 is 171 Å². The molecule has 26 nitrogen and oxygen atoms in total. The van der Waals surface area contributed by atoms with Crippen LogP contribution >= 0.6 is 0 Å². The van der Waals surface area contributed by atoms with Crippen LogP contribution in [-0.4, -0.2) is 271 Å². The Hall–Kier alpha value is -6.22.